The van der Waals surface area contributed by atoms with Gasteiger partial charge in [0, 0.05) is 13.7 Å². The third-order valence-corrected chi connectivity index (χ3v) is 7.76. The van der Waals surface area contributed by atoms with Crippen molar-refractivity contribution < 1.29 is 19.3 Å². The van der Waals surface area contributed by atoms with Crippen molar-refractivity contribution in [1.29, 1.82) is 0 Å². The largest absolute Gasteiger partial charge is 0.493 e. The number of hydrogen-bond donors (Lipinski definition) is 1. The minimum atomic E-state index is 0.240. The molecule has 2 fully saturated rings. The minimum Gasteiger partial charge on any atom is -0.493 e. The lowest BCUT2D eigenvalue weighted by atomic mass is 9.54. The van der Waals surface area contributed by atoms with Gasteiger partial charge in [-0.2, -0.15) is 0 Å². The molecule has 1 aromatic rings. The summed E-state index contributed by atoms with van der Waals surface area (Å²) in [6, 6.07) is 4.39. The molecular formula is C22H32O4. The molecule has 4 rings (SSSR count). The summed E-state index contributed by atoms with van der Waals surface area (Å²) >= 11 is 0. The minimum absolute atomic E-state index is 0.240. The van der Waals surface area contributed by atoms with Gasteiger partial charge in [0.05, 0.1) is 7.11 Å². The highest BCUT2D eigenvalue weighted by Gasteiger charge is 2.54. The van der Waals surface area contributed by atoms with Crippen LogP contribution >= 0.6 is 0 Å². The molecule has 0 spiro atoms. The first kappa shape index (κ1) is 18.1. The van der Waals surface area contributed by atoms with E-state index in [1.807, 2.05) is 0 Å². The SMILES string of the molecule is COCOc1cc2c(cc1OC)C1CC[C@@]3(C)C(CC[C@@H]3CO)C1CC2. The number of methoxy groups -OCH3 is 2. The average Bonchev–Trinajstić information content (AvgIpc) is 3.01. The van der Waals surface area contributed by atoms with Gasteiger partial charge in [0.15, 0.2) is 18.3 Å². The second-order valence-corrected chi connectivity index (χ2v) is 8.67. The predicted octanol–water partition coefficient (Wildman–Crippen LogP) is 4.14. The molecule has 4 heteroatoms. The summed E-state index contributed by atoms with van der Waals surface area (Å²) < 4.78 is 16.4. The fourth-order valence-corrected chi connectivity index (χ4v) is 6.38. The van der Waals surface area contributed by atoms with Gasteiger partial charge in [-0.25, -0.2) is 0 Å². The van der Waals surface area contributed by atoms with Crippen molar-refractivity contribution in [2.75, 3.05) is 27.6 Å². The molecule has 3 aliphatic carbocycles. The fraction of sp³-hybridized carbons (Fsp3) is 0.727. The van der Waals surface area contributed by atoms with Gasteiger partial charge < -0.3 is 19.3 Å². The van der Waals surface area contributed by atoms with Crippen molar-refractivity contribution in [2.45, 2.75) is 51.4 Å². The molecule has 5 atom stereocenters. The molecule has 3 aliphatic rings. The topological polar surface area (TPSA) is 47.9 Å². The van der Waals surface area contributed by atoms with Gasteiger partial charge in [-0.15, -0.1) is 0 Å². The number of ether oxygens (including phenoxy) is 3. The molecule has 0 heterocycles. The highest BCUT2D eigenvalue weighted by Crippen LogP contribution is 2.63. The number of benzene rings is 1. The van der Waals surface area contributed by atoms with E-state index in [-0.39, 0.29) is 6.79 Å². The van der Waals surface area contributed by atoms with Crippen LogP contribution in [0, 0.1) is 23.2 Å². The van der Waals surface area contributed by atoms with Crippen LogP contribution in [0.4, 0.5) is 0 Å². The maximum absolute atomic E-state index is 9.85. The molecule has 0 amide bonds. The molecular weight excluding hydrogens is 328 g/mol. The lowest BCUT2D eigenvalue weighted by Crippen LogP contribution is -2.43. The number of rotatable bonds is 5. The molecule has 0 bridgehead atoms. The molecule has 0 radical (unpaired) electrons. The number of aliphatic hydroxyl groups is 1. The Morgan fingerprint density at radius 1 is 1.12 bits per heavy atom. The number of aliphatic hydroxyl groups excluding tert-OH is 1. The molecule has 2 saturated carbocycles. The van der Waals surface area contributed by atoms with E-state index in [1.165, 1.54) is 43.2 Å². The Bertz CT molecular complexity index is 658. The molecule has 4 nitrogen and oxygen atoms in total. The third kappa shape index (κ3) is 2.73. The average molecular weight is 360 g/mol. The Hall–Kier alpha value is -1.26. The van der Waals surface area contributed by atoms with Crippen LogP contribution in [0.15, 0.2) is 12.1 Å². The Balaban J connectivity index is 1.64. The second-order valence-electron chi connectivity index (χ2n) is 8.67. The van der Waals surface area contributed by atoms with E-state index in [1.54, 1.807) is 14.2 Å². The summed E-state index contributed by atoms with van der Waals surface area (Å²) in [5.41, 5.74) is 3.22. The van der Waals surface area contributed by atoms with Crippen molar-refractivity contribution in [3.63, 3.8) is 0 Å². The summed E-state index contributed by atoms with van der Waals surface area (Å²) in [7, 11) is 3.35. The van der Waals surface area contributed by atoms with Gasteiger partial charge in [-0.1, -0.05) is 6.92 Å². The number of hydrogen-bond acceptors (Lipinski definition) is 4. The molecule has 1 N–H and O–H groups in total. The number of fused-ring (bicyclic) bond motifs is 5. The number of aryl methyl sites for hydroxylation is 1. The van der Waals surface area contributed by atoms with E-state index in [9.17, 15) is 5.11 Å². The highest BCUT2D eigenvalue weighted by molar-refractivity contribution is 5.50. The Morgan fingerprint density at radius 2 is 1.96 bits per heavy atom. The third-order valence-electron chi connectivity index (χ3n) is 7.76. The Labute approximate surface area is 156 Å². The summed E-state index contributed by atoms with van der Waals surface area (Å²) in [5.74, 6) is 4.21. The van der Waals surface area contributed by atoms with Crippen molar-refractivity contribution >= 4 is 0 Å². The summed E-state index contributed by atoms with van der Waals surface area (Å²) in [5, 5.41) is 9.85. The van der Waals surface area contributed by atoms with Crippen LogP contribution in [0.1, 0.15) is 56.1 Å². The standard InChI is InChI=1S/C22H32O4/c1-22-9-8-16-17(19(22)7-5-15(22)12-23)6-4-14-10-21(26-13-24-2)20(25-3)11-18(14)16/h10-11,15-17,19,23H,4-9,12-13H2,1-3H3/t15-,16?,17?,19?,22-/m1/s1. The summed E-state index contributed by atoms with van der Waals surface area (Å²) in [6.07, 6.45) is 7.30. The van der Waals surface area contributed by atoms with Crippen LogP contribution < -0.4 is 9.47 Å². The van der Waals surface area contributed by atoms with Gasteiger partial charge in [0.2, 0.25) is 0 Å². The second kappa shape index (κ2) is 7.05. The zero-order chi connectivity index (χ0) is 18.3. The van der Waals surface area contributed by atoms with Gasteiger partial charge >= 0.3 is 0 Å². The molecule has 0 saturated heterocycles. The predicted molar refractivity (Wildman–Crippen MR) is 101 cm³/mol. The fourth-order valence-electron chi connectivity index (χ4n) is 6.38. The van der Waals surface area contributed by atoms with Crippen molar-refractivity contribution in [3.8, 4) is 11.5 Å². The van der Waals surface area contributed by atoms with Crippen LogP contribution in [-0.2, 0) is 11.2 Å². The van der Waals surface area contributed by atoms with E-state index < -0.39 is 0 Å². The van der Waals surface area contributed by atoms with Gasteiger partial charge in [0.1, 0.15) is 0 Å². The molecule has 144 valence electrons. The van der Waals surface area contributed by atoms with E-state index in [0.717, 1.165) is 29.8 Å². The van der Waals surface area contributed by atoms with E-state index >= 15 is 0 Å². The first-order valence-corrected chi connectivity index (χ1v) is 10.1. The zero-order valence-corrected chi connectivity index (χ0v) is 16.3. The maximum Gasteiger partial charge on any atom is 0.188 e. The quantitative estimate of drug-likeness (QED) is 0.802. The van der Waals surface area contributed by atoms with Crippen LogP contribution in [0.5, 0.6) is 11.5 Å². The van der Waals surface area contributed by atoms with Crippen molar-refractivity contribution in [3.05, 3.63) is 23.3 Å². The lowest BCUT2D eigenvalue weighted by Gasteiger charge is -2.51. The van der Waals surface area contributed by atoms with E-state index in [2.05, 4.69) is 19.1 Å². The molecule has 26 heavy (non-hydrogen) atoms. The van der Waals surface area contributed by atoms with Crippen LogP contribution in [0.25, 0.3) is 0 Å². The monoisotopic (exact) mass is 360 g/mol. The van der Waals surface area contributed by atoms with Crippen LogP contribution in [0.2, 0.25) is 0 Å². The van der Waals surface area contributed by atoms with Crippen molar-refractivity contribution in [1.82, 2.24) is 0 Å². The maximum atomic E-state index is 9.85. The Kier molecular flexibility index (Phi) is 4.91. The summed E-state index contributed by atoms with van der Waals surface area (Å²) in [4.78, 5) is 0. The Morgan fingerprint density at radius 3 is 2.69 bits per heavy atom. The summed E-state index contributed by atoms with van der Waals surface area (Å²) in [6.45, 7) is 3.04. The zero-order valence-electron chi connectivity index (χ0n) is 16.3. The van der Waals surface area contributed by atoms with Gasteiger partial charge in [-0.05, 0) is 90.9 Å². The van der Waals surface area contributed by atoms with Gasteiger partial charge in [-0.3, -0.25) is 0 Å². The van der Waals surface area contributed by atoms with Crippen molar-refractivity contribution in [2.24, 2.45) is 23.2 Å². The van der Waals surface area contributed by atoms with Crippen LogP contribution in [0.3, 0.4) is 0 Å². The van der Waals surface area contributed by atoms with E-state index in [0.29, 0.717) is 23.9 Å². The van der Waals surface area contributed by atoms with Crippen LogP contribution in [-0.4, -0.2) is 32.7 Å². The highest BCUT2D eigenvalue weighted by atomic mass is 16.7. The molecule has 1 aromatic carbocycles. The first-order chi connectivity index (χ1) is 12.6. The lowest BCUT2D eigenvalue weighted by molar-refractivity contribution is 0.00938. The first-order valence-electron chi connectivity index (χ1n) is 10.1. The molecule has 0 aromatic heterocycles. The van der Waals surface area contributed by atoms with Gasteiger partial charge in [0.25, 0.3) is 0 Å². The van der Waals surface area contributed by atoms with E-state index in [4.69, 9.17) is 14.2 Å². The molecule has 3 unspecified atom stereocenters. The molecule has 0 aliphatic heterocycles. The normalized spacial score (nSPS) is 35.4. The smallest absolute Gasteiger partial charge is 0.188 e.